The SMILES string of the molecule is c1ccc2c(c1)c1ccccc1c1nc3c(ccc4nc5n(c43)CCC5)nc21. The first kappa shape index (κ1) is 14.5. The zero-order valence-electron chi connectivity index (χ0n) is 15.2. The Balaban J connectivity index is 1.77. The van der Waals surface area contributed by atoms with Crippen LogP contribution in [0.4, 0.5) is 0 Å². The molecule has 0 saturated carbocycles. The number of hydrogen-bond donors (Lipinski definition) is 0. The van der Waals surface area contributed by atoms with Crippen LogP contribution >= 0.6 is 0 Å². The molecule has 1 aliphatic rings. The molecule has 4 aromatic carbocycles. The summed E-state index contributed by atoms with van der Waals surface area (Å²) in [4.78, 5) is 15.1. The molecule has 28 heavy (non-hydrogen) atoms. The molecule has 0 bridgehead atoms. The summed E-state index contributed by atoms with van der Waals surface area (Å²) in [6.45, 7) is 1.02. The van der Waals surface area contributed by atoms with Gasteiger partial charge < -0.3 is 4.57 Å². The first-order valence-corrected chi connectivity index (χ1v) is 9.77. The summed E-state index contributed by atoms with van der Waals surface area (Å²) in [5.74, 6) is 1.17. The minimum Gasteiger partial charge on any atom is -0.326 e. The van der Waals surface area contributed by atoms with Gasteiger partial charge in [-0.1, -0.05) is 48.5 Å². The second kappa shape index (κ2) is 5.04. The molecule has 0 atom stereocenters. The van der Waals surface area contributed by atoms with Crippen molar-refractivity contribution in [2.75, 3.05) is 0 Å². The van der Waals surface area contributed by atoms with Crippen molar-refractivity contribution in [2.24, 2.45) is 0 Å². The van der Waals surface area contributed by atoms with Gasteiger partial charge in [-0.2, -0.15) is 0 Å². The molecule has 3 heterocycles. The van der Waals surface area contributed by atoms with Gasteiger partial charge in [-0.3, -0.25) is 0 Å². The number of nitrogens with zero attached hydrogens (tertiary/aromatic N) is 4. The topological polar surface area (TPSA) is 43.6 Å². The van der Waals surface area contributed by atoms with Crippen LogP contribution in [-0.4, -0.2) is 19.5 Å². The van der Waals surface area contributed by atoms with Crippen molar-refractivity contribution in [1.29, 1.82) is 0 Å². The Bertz CT molecular complexity index is 1590. The molecule has 0 radical (unpaired) electrons. The van der Waals surface area contributed by atoms with Gasteiger partial charge in [0, 0.05) is 23.7 Å². The van der Waals surface area contributed by atoms with Crippen molar-refractivity contribution in [1.82, 2.24) is 19.5 Å². The lowest BCUT2D eigenvalue weighted by molar-refractivity contribution is 0.772. The zero-order valence-corrected chi connectivity index (χ0v) is 15.2. The van der Waals surface area contributed by atoms with E-state index in [9.17, 15) is 0 Å². The van der Waals surface area contributed by atoms with Gasteiger partial charge in [0.2, 0.25) is 0 Å². The molecule has 132 valence electrons. The molecule has 0 aliphatic carbocycles. The molecule has 0 amide bonds. The number of imidazole rings is 1. The normalized spacial score (nSPS) is 14.0. The molecule has 0 saturated heterocycles. The molecular formula is C24H16N4. The number of fused-ring (bicyclic) bond motifs is 11. The van der Waals surface area contributed by atoms with Gasteiger partial charge in [0.05, 0.1) is 27.6 Å². The highest BCUT2D eigenvalue weighted by atomic mass is 15.1. The Morgan fingerprint density at radius 2 is 1.25 bits per heavy atom. The second-order valence-corrected chi connectivity index (χ2v) is 7.60. The zero-order chi connectivity index (χ0) is 18.2. The van der Waals surface area contributed by atoms with E-state index in [-0.39, 0.29) is 0 Å². The van der Waals surface area contributed by atoms with Gasteiger partial charge in [0.1, 0.15) is 11.3 Å². The largest absolute Gasteiger partial charge is 0.326 e. The summed E-state index contributed by atoms with van der Waals surface area (Å²) in [5.41, 5.74) is 6.02. The molecule has 4 heteroatoms. The van der Waals surface area contributed by atoms with E-state index in [1.54, 1.807) is 0 Å². The summed E-state index contributed by atoms with van der Waals surface area (Å²) in [5, 5.41) is 4.77. The van der Waals surface area contributed by atoms with Crippen LogP contribution in [0.5, 0.6) is 0 Å². The smallest absolute Gasteiger partial charge is 0.115 e. The molecule has 7 rings (SSSR count). The van der Waals surface area contributed by atoms with Crippen molar-refractivity contribution in [3.8, 4) is 0 Å². The van der Waals surface area contributed by atoms with Crippen LogP contribution in [0.15, 0.2) is 60.7 Å². The lowest BCUT2D eigenvalue weighted by Gasteiger charge is -2.11. The number of benzene rings is 4. The van der Waals surface area contributed by atoms with Crippen molar-refractivity contribution in [3.05, 3.63) is 66.5 Å². The van der Waals surface area contributed by atoms with Gasteiger partial charge >= 0.3 is 0 Å². The summed E-state index contributed by atoms with van der Waals surface area (Å²) in [7, 11) is 0. The first-order chi connectivity index (χ1) is 13.9. The summed E-state index contributed by atoms with van der Waals surface area (Å²) < 4.78 is 2.33. The summed E-state index contributed by atoms with van der Waals surface area (Å²) in [6.07, 6.45) is 2.20. The van der Waals surface area contributed by atoms with Crippen LogP contribution in [0.3, 0.4) is 0 Å². The van der Waals surface area contributed by atoms with E-state index in [0.717, 1.165) is 63.3 Å². The molecule has 2 aromatic heterocycles. The van der Waals surface area contributed by atoms with Crippen LogP contribution in [0.1, 0.15) is 12.2 Å². The highest BCUT2D eigenvalue weighted by Crippen LogP contribution is 2.35. The highest BCUT2D eigenvalue weighted by molar-refractivity contribution is 6.24. The van der Waals surface area contributed by atoms with E-state index < -0.39 is 0 Å². The maximum Gasteiger partial charge on any atom is 0.115 e. The third-order valence-electron chi connectivity index (χ3n) is 6.06. The predicted molar refractivity (Wildman–Crippen MR) is 114 cm³/mol. The van der Waals surface area contributed by atoms with E-state index in [4.69, 9.17) is 15.0 Å². The van der Waals surface area contributed by atoms with E-state index in [1.807, 2.05) is 0 Å². The van der Waals surface area contributed by atoms with Gasteiger partial charge in [-0.15, -0.1) is 0 Å². The molecule has 0 fully saturated rings. The summed E-state index contributed by atoms with van der Waals surface area (Å²) in [6, 6.07) is 21.2. The molecular weight excluding hydrogens is 344 g/mol. The van der Waals surface area contributed by atoms with Gasteiger partial charge in [-0.25, -0.2) is 15.0 Å². The maximum atomic E-state index is 5.21. The van der Waals surface area contributed by atoms with Crippen LogP contribution in [0.2, 0.25) is 0 Å². The fraction of sp³-hybridized carbons (Fsp3) is 0.125. The molecule has 0 spiro atoms. The second-order valence-electron chi connectivity index (χ2n) is 7.60. The average molecular weight is 360 g/mol. The quantitative estimate of drug-likeness (QED) is 0.270. The van der Waals surface area contributed by atoms with Crippen molar-refractivity contribution >= 4 is 54.6 Å². The molecule has 4 nitrogen and oxygen atoms in total. The highest BCUT2D eigenvalue weighted by Gasteiger charge is 2.20. The Labute approximate surface area is 160 Å². The van der Waals surface area contributed by atoms with E-state index >= 15 is 0 Å². The van der Waals surface area contributed by atoms with Crippen LogP contribution < -0.4 is 0 Å². The Morgan fingerprint density at radius 1 is 0.607 bits per heavy atom. The maximum absolute atomic E-state index is 5.21. The standard InChI is InChI=1S/C24H16N4/c1-3-8-16-14(6-1)15-7-2-4-9-17(15)22-21(16)26-18-11-12-19-24(23(18)27-22)28-13-5-10-20(28)25-19/h1-4,6-9,11-12H,5,10,13H2. The number of hydrogen-bond acceptors (Lipinski definition) is 3. The fourth-order valence-electron chi connectivity index (χ4n) is 4.83. The van der Waals surface area contributed by atoms with Gasteiger partial charge in [0.15, 0.2) is 0 Å². The minimum absolute atomic E-state index is 0.940. The Kier molecular flexibility index (Phi) is 2.62. The summed E-state index contributed by atoms with van der Waals surface area (Å²) >= 11 is 0. The van der Waals surface area contributed by atoms with E-state index in [0.29, 0.717) is 0 Å². The first-order valence-electron chi connectivity index (χ1n) is 9.77. The Hall–Kier alpha value is -3.53. The van der Waals surface area contributed by atoms with Gasteiger partial charge in [0.25, 0.3) is 0 Å². The average Bonchev–Trinajstić information content (AvgIpc) is 3.34. The third kappa shape index (κ3) is 1.73. The van der Waals surface area contributed by atoms with Crippen molar-refractivity contribution < 1.29 is 0 Å². The van der Waals surface area contributed by atoms with Crippen molar-refractivity contribution in [2.45, 2.75) is 19.4 Å². The lowest BCUT2D eigenvalue weighted by Crippen LogP contribution is -1.96. The van der Waals surface area contributed by atoms with Crippen molar-refractivity contribution in [3.63, 3.8) is 0 Å². The number of rotatable bonds is 0. The molecule has 0 unspecified atom stereocenters. The van der Waals surface area contributed by atoms with E-state index in [2.05, 4.69) is 65.2 Å². The monoisotopic (exact) mass is 360 g/mol. The number of aromatic nitrogens is 4. The fourth-order valence-corrected chi connectivity index (χ4v) is 4.83. The predicted octanol–water partition coefficient (Wildman–Crippen LogP) is 5.39. The molecule has 1 aliphatic heterocycles. The Morgan fingerprint density at radius 3 is 2.00 bits per heavy atom. The van der Waals surface area contributed by atoms with Crippen LogP contribution in [0.25, 0.3) is 54.6 Å². The lowest BCUT2D eigenvalue weighted by atomic mass is 9.99. The van der Waals surface area contributed by atoms with Crippen LogP contribution in [-0.2, 0) is 13.0 Å². The third-order valence-corrected chi connectivity index (χ3v) is 6.06. The number of aryl methyl sites for hydroxylation is 2. The molecule has 0 N–H and O–H groups in total. The van der Waals surface area contributed by atoms with Crippen LogP contribution in [0, 0.1) is 0 Å². The minimum atomic E-state index is 0.940. The van der Waals surface area contributed by atoms with E-state index in [1.165, 1.54) is 16.6 Å². The molecule has 6 aromatic rings. The van der Waals surface area contributed by atoms with Gasteiger partial charge in [-0.05, 0) is 29.3 Å².